The summed E-state index contributed by atoms with van der Waals surface area (Å²) in [5, 5.41) is 6.08. The Hall–Kier alpha value is -3.97. The predicted octanol–water partition coefficient (Wildman–Crippen LogP) is 5.81. The number of aromatic nitrogens is 3. The number of halogens is 1. The highest BCUT2D eigenvalue weighted by Crippen LogP contribution is 2.35. The zero-order chi connectivity index (χ0) is 23.1. The molecule has 5 aromatic rings. The standard InChI is InChI=1S/C27H22FN3O3/c28-22-6-8-23(9-7-22)30-24(19-10-11-33-17-19)12-20-13-26-21(14-25(20)30)15-29-31(26)27(32)34-16-18-4-2-1-3-5-18/h1-9,12-15,19H,10-11,16-17H2. The molecule has 0 amide bonds. The minimum atomic E-state index is -0.527. The maximum Gasteiger partial charge on any atom is 0.435 e. The van der Waals surface area contributed by atoms with Crippen molar-refractivity contribution >= 4 is 27.9 Å². The lowest BCUT2D eigenvalue weighted by Crippen LogP contribution is -2.14. The van der Waals surface area contributed by atoms with E-state index in [1.807, 2.05) is 42.5 Å². The van der Waals surface area contributed by atoms with E-state index in [0.717, 1.165) is 46.3 Å². The average Bonchev–Trinajstić information content (AvgIpc) is 3.60. The second-order valence-corrected chi connectivity index (χ2v) is 8.51. The zero-order valence-corrected chi connectivity index (χ0v) is 18.4. The summed E-state index contributed by atoms with van der Waals surface area (Å²) in [4.78, 5) is 12.8. The Morgan fingerprint density at radius 3 is 2.59 bits per heavy atom. The van der Waals surface area contributed by atoms with Crippen molar-refractivity contribution < 1.29 is 18.7 Å². The number of hydrogen-bond donors (Lipinski definition) is 0. The molecule has 0 spiro atoms. The molecule has 170 valence electrons. The molecule has 6 rings (SSSR count). The van der Waals surface area contributed by atoms with Crippen LogP contribution in [0.1, 0.15) is 23.6 Å². The predicted molar refractivity (Wildman–Crippen MR) is 127 cm³/mol. The number of rotatable bonds is 4. The third-order valence-electron chi connectivity index (χ3n) is 6.33. The summed E-state index contributed by atoms with van der Waals surface area (Å²) < 4.78 is 28.2. The van der Waals surface area contributed by atoms with Crippen LogP contribution in [-0.4, -0.2) is 33.7 Å². The van der Waals surface area contributed by atoms with Crippen molar-refractivity contribution in [3.63, 3.8) is 0 Å². The van der Waals surface area contributed by atoms with Gasteiger partial charge in [-0.1, -0.05) is 30.3 Å². The van der Waals surface area contributed by atoms with Gasteiger partial charge < -0.3 is 14.0 Å². The summed E-state index contributed by atoms with van der Waals surface area (Å²) >= 11 is 0. The highest BCUT2D eigenvalue weighted by molar-refractivity contribution is 5.99. The molecule has 0 aliphatic carbocycles. The molecule has 2 aromatic heterocycles. The van der Waals surface area contributed by atoms with Gasteiger partial charge in [0.15, 0.2) is 0 Å². The highest BCUT2D eigenvalue weighted by atomic mass is 19.1. The van der Waals surface area contributed by atoms with E-state index in [0.29, 0.717) is 12.1 Å². The van der Waals surface area contributed by atoms with Crippen LogP contribution in [0.5, 0.6) is 0 Å². The van der Waals surface area contributed by atoms with Gasteiger partial charge >= 0.3 is 6.09 Å². The minimum absolute atomic E-state index is 0.177. The first-order chi connectivity index (χ1) is 16.7. The molecule has 3 aromatic carbocycles. The first kappa shape index (κ1) is 20.6. The van der Waals surface area contributed by atoms with Crippen LogP contribution < -0.4 is 0 Å². The van der Waals surface area contributed by atoms with Gasteiger partial charge in [-0.05, 0) is 54.4 Å². The van der Waals surface area contributed by atoms with Gasteiger partial charge in [0.1, 0.15) is 12.4 Å². The van der Waals surface area contributed by atoms with E-state index in [1.165, 1.54) is 16.8 Å². The van der Waals surface area contributed by atoms with E-state index in [1.54, 1.807) is 18.3 Å². The van der Waals surface area contributed by atoms with E-state index in [2.05, 4.69) is 15.7 Å². The van der Waals surface area contributed by atoms with Gasteiger partial charge in [-0.25, -0.2) is 9.18 Å². The molecule has 1 fully saturated rings. The van der Waals surface area contributed by atoms with Crippen molar-refractivity contribution in [1.29, 1.82) is 0 Å². The monoisotopic (exact) mass is 455 g/mol. The third kappa shape index (κ3) is 3.64. The van der Waals surface area contributed by atoms with Gasteiger partial charge in [-0.2, -0.15) is 9.78 Å². The molecular formula is C27H22FN3O3. The summed E-state index contributed by atoms with van der Waals surface area (Å²) in [7, 11) is 0. The van der Waals surface area contributed by atoms with Crippen molar-refractivity contribution in [2.45, 2.75) is 18.9 Å². The topological polar surface area (TPSA) is 58.3 Å². The molecule has 3 heterocycles. The molecule has 0 radical (unpaired) electrons. The van der Waals surface area contributed by atoms with Crippen LogP contribution in [0.3, 0.4) is 0 Å². The second-order valence-electron chi connectivity index (χ2n) is 8.51. The molecular weight excluding hydrogens is 433 g/mol. The lowest BCUT2D eigenvalue weighted by molar-refractivity contribution is 0.139. The number of nitrogens with zero attached hydrogens (tertiary/aromatic N) is 3. The molecule has 0 bridgehead atoms. The van der Waals surface area contributed by atoms with Gasteiger partial charge in [0.05, 0.1) is 23.8 Å². The summed E-state index contributed by atoms with van der Waals surface area (Å²) in [5.41, 5.74) is 4.55. The summed E-state index contributed by atoms with van der Waals surface area (Å²) in [6.45, 7) is 1.55. The van der Waals surface area contributed by atoms with E-state index in [-0.39, 0.29) is 18.3 Å². The fraction of sp³-hybridized carbons (Fsp3) is 0.185. The molecule has 0 N–H and O–H groups in total. The molecule has 34 heavy (non-hydrogen) atoms. The van der Waals surface area contributed by atoms with Gasteiger partial charge in [0, 0.05) is 34.7 Å². The van der Waals surface area contributed by atoms with Crippen molar-refractivity contribution in [1.82, 2.24) is 14.3 Å². The van der Waals surface area contributed by atoms with Crippen molar-refractivity contribution in [2.24, 2.45) is 0 Å². The largest absolute Gasteiger partial charge is 0.443 e. The Morgan fingerprint density at radius 2 is 1.82 bits per heavy atom. The van der Waals surface area contributed by atoms with Crippen molar-refractivity contribution in [3.8, 4) is 5.69 Å². The molecule has 6 nitrogen and oxygen atoms in total. The number of benzene rings is 3. The number of carbonyl (C=O) groups is 1. The van der Waals surface area contributed by atoms with Gasteiger partial charge in [-0.15, -0.1) is 0 Å². The molecule has 1 atom stereocenters. The molecule has 1 aliphatic heterocycles. The lowest BCUT2D eigenvalue weighted by Gasteiger charge is -2.15. The third-order valence-corrected chi connectivity index (χ3v) is 6.33. The summed E-state index contributed by atoms with van der Waals surface area (Å²) in [6, 6.07) is 22.1. The number of carbonyl (C=O) groups excluding carboxylic acids is 1. The van der Waals surface area contributed by atoms with Crippen LogP contribution in [0, 0.1) is 5.82 Å². The fourth-order valence-corrected chi connectivity index (χ4v) is 4.62. The first-order valence-corrected chi connectivity index (χ1v) is 11.3. The zero-order valence-electron chi connectivity index (χ0n) is 18.4. The first-order valence-electron chi connectivity index (χ1n) is 11.3. The molecule has 1 unspecified atom stereocenters. The molecule has 1 saturated heterocycles. The average molecular weight is 455 g/mol. The summed E-state index contributed by atoms with van der Waals surface area (Å²) in [5.74, 6) is -0.0310. The van der Waals surface area contributed by atoms with Crippen molar-refractivity contribution in [3.05, 3.63) is 96.1 Å². The van der Waals surface area contributed by atoms with Gasteiger partial charge in [0.2, 0.25) is 0 Å². The van der Waals surface area contributed by atoms with Crippen LogP contribution in [-0.2, 0) is 16.1 Å². The van der Waals surface area contributed by atoms with Crippen molar-refractivity contribution in [2.75, 3.05) is 13.2 Å². The smallest absolute Gasteiger partial charge is 0.435 e. The molecule has 0 saturated carbocycles. The number of ether oxygens (including phenoxy) is 2. The van der Waals surface area contributed by atoms with Gasteiger partial charge in [-0.3, -0.25) is 0 Å². The number of hydrogen-bond acceptors (Lipinski definition) is 4. The van der Waals surface area contributed by atoms with E-state index >= 15 is 0 Å². The lowest BCUT2D eigenvalue weighted by atomic mass is 10.0. The fourth-order valence-electron chi connectivity index (χ4n) is 4.62. The molecule has 1 aliphatic rings. The summed E-state index contributed by atoms with van der Waals surface area (Å²) in [6.07, 6.45) is 2.07. The van der Waals surface area contributed by atoms with E-state index in [4.69, 9.17) is 9.47 Å². The Balaban J connectivity index is 1.42. The normalized spacial score (nSPS) is 15.9. The van der Waals surface area contributed by atoms with Crippen LogP contribution in [0.4, 0.5) is 9.18 Å². The second kappa shape index (κ2) is 8.43. The van der Waals surface area contributed by atoms with Gasteiger partial charge in [0.25, 0.3) is 0 Å². The van der Waals surface area contributed by atoms with Crippen LogP contribution in [0.15, 0.2) is 79.0 Å². The molecule has 7 heteroatoms. The van der Waals surface area contributed by atoms with E-state index < -0.39 is 6.09 Å². The Labute approximate surface area is 195 Å². The van der Waals surface area contributed by atoms with Crippen LogP contribution in [0.2, 0.25) is 0 Å². The Kier molecular flexibility index (Phi) is 5.11. The SMILES string of the molecule is O=C(OCc1ccccc1)n1ncc2cc3c(cc(C4CCOC4)n3-c3ccc(F)cc3)cc21. The van der Waals surface area contributed by atoms with Crippen LogP contribution in [0.25, 0.3) is 27.5 Å². The minimum Gasteiger partial charge on any atom is -0.443 e. The maximum atomic E-state index is 13.6. The van der Waals surface area contributed by atoms with E-state index in [9.17, 15) is 9.18 Å². The Morgan fingerprint density at radius 1 is 1.03 bits per heavy atom. The quantitative estimate of drug-likeness (QED) is 0.343. The Bertz CT molecular complexity index is 1480. The highest BCUT2D eigenvalue weighted by Gasteiger charge is 2.24. The maximum absolute atomic E-state index is 13.6. The number of fused-ring (bicyclic) bond motifs is 2. The van der Waals surface area contributed by atoms with Crippen LogP contribution >= 0.6 is 0 Å².